The second-order valence-corrected chi connectivity index (χ2v) is 3.98. The fourth-order valence-electron chi connectivity index (χ4n) is 1.73. The molecule has 0 radical (unpaired) electrons. The summed E-state index contributed by atoms with van der Waals surface area (Å²) in [4.78, 5) is 13.4. The zero-order valence-corrected chi connectivity index (χ0v) is 10.8. The number of rotatable bonds is 6. The number of methoxy groups -OCH3 is 1. The molecule has 0 saturated heterocycles. The number of carbonyl (C=O) groups is 1. The lowest BCUT2D eigenvalue weighted by Gasteiger charge is -2.18. The molecule has 0 bridgehead atoms. The van der Waals surface area contributed by atoms with Gasteiger partial charge in [-0.1, -0.05) is 31.2 Å². The number of benzene rings is 1. The number of nitrogens with zero attached hydrogens (tertiary/aromatic N) is 2. The van der Waals surface area contributed by atoms with Gasteiger partial charge in [-0.15, -0.1) is 0 Å². The maximum absolute atomic E-state index is 11.3. The fourth-order valence-corrected chi connectivity index (χ4v) is 1.73. The molecule has 0 aliphatic heterocycles. The highest BCUT2D eigenvalue weighted by molar-refractivity contribution is 5.72. The third kappa shape index (κ3) is 4.19. The Balaban J connectivity index is 2.81. The van der Waals surface area contributed by atoms with Crippen LogP contribution in [0, 0.1) is 11.3 Å². The van der Waals surface area contributed by atoms with Crippen LogP contribution in [0.15, 0.2) is 24.3 Å². The van der Waals surface area contributed by atoms with Crippen molar-refractivity contribution in [2.45, 2.75) is 19.9 Å². The first kappa shape index (κ1) is 14.2. The average molecular weight is 246 g/mol. The summed E-state index contributed by atoms with van der Waals surface area (Å²) >= 11 is 0. The van der Waals surface area contributed by atoms with Gasteiger partial charge in [-0.25, -0.2) is 0 Å². The second-order valence-electron chi connectivity index (χ2n) is 3.98. The van der Waals surface area contributed by atoms with Crippen LogP contribution in [0.1, 0.15) is 18.1 Å². The van der Waals surface area contributed by atoms with Crippen molar-refractivity contribution in [1.82, 2.24) is 4.90 Å². The maximum atomic E-state index is 11.3. The zero-order chi connectivity index (χ0) is 13.4. The molecular weight excluding hydrogens is 228 g/mol. The van der Waals surface area contributed by atoms with Crippen molar-refractivity contribution in [1.29, 1.82) is 5.26 Å². The van der Waals surface area contributed by atoms with Crippen molar-refractivity contribution < 1.29 is 9.53 Å². The van der Waals surface area contributed by atoms with Crippen LogP contribution in [0.5, 0.6) is 0 Å². The lowest BCUT2D eigenvalue weighted by atomic mass is 10.0. The molecule has 0 amide bonds. The molecule has 0 aromatic heterocycles. The number of carbonyl (C=O) groups excluding carboxylic acids is 1. The van der Waals surface area contributed by atoms with E-state index in [-0.39, 0.29) is 12.4 Å². The van der Waals surface area contributed by atoms with Crippen LogP contribution in [-0.2, 0) is 22.5 Å². The lowest BCUT2D eigenvalue weighted by Crippen LogP contribution is -2.24. The third-order valence-electron chi connectivity index (χ3n) is 2.82. The van der Waals surface area contributed by atoms with Gasteiger partial charge in [-0.05, 0) is 17.7 Å². The lowest BCUT2D eigenvalue weighted by molar-refractivity contribution is -0.139. The van der Waals surface area contributed by atoms with E-state index in [0.29, 0.717) is 13.1 Å². The molecular formula is C14H18N2O2. The maximum Gasteiger partial charge on any atom is 0.309 e. The zero-order valence-electron chi connectivity index (χ0n) is 10.8. The van der Waals surface area contributed by atoms with E-state index in [4.69, 9.17) is 5.26 Å². The molecule has 0 saturated carbocycles. The van der Waals surface area contributed by atoms with Crippen molar-refractivity contribution in [2.75, 3.05) is 20.2 Å². The highest BCUT2D eigenvalue weighted by atomic mass is 16.5. The minimum absolute atomic E-state index is 0.245. The molecule has 0 aliphatic rings. The Bertz CT molecular complexity index is 438. The molecule has 0 fully saturated rings. The fraction of sp³-hybridized carbons (Fsp3) is 0.429. The predicted molar refractivity (Wildman–Crippen MR) is 68.7 cm³/mol. The van der Waals surface area contributed by atoms with E-state index in [1.165, 1.54) is 7.11 Å². The van der Waals surface area contributed by atoms with Crippen LogP contribution in [0.25, 0.3) is 0 Å². The van der Waals surface area contributed by atoms with Gasteiger partial charge in [0.05, 0.1) is 26.1 Å². The Morgan fingerprint density at radius 3 is 2.61 bits per heavy atom. The molecule has 0 N–H and O–H groups in total. The van der Waals surface area contributed by atoms with E-state index < -0.39 is 0 Å². The molecule has 1 aromatic carbocycles. The van der Waals surface area contributed by atoms with Gasteiger partial charge in [-0.3, -0.25) is 9.69 Å². The van der Waals surface area contributed by atoms with Crippen LogP contribution < -0.4 is 0 Å². The minimum Gasteiger partial charge on any atom is -0.469 e. The van der Waals surface area contributed by atoms with E-state index in [1.54, 1.807) is 0 Å². The van der Waals surface area contributed by atoms with Gasteiger partial charge in [0.15, 0.2) is 0 Å². The molecule has 4 heteroatoms. The molecule has 1 aromatic rings. The van der Waals surface area contributed by atoms with Crippen LogP contribution in [0.2, 0.25) is 0 Å². The number of hydrogen-bond acceptors (Lipinski definition) is 4. The second kappa shape index (κ2) is 7.46. The Kier molecular flexibility index (Phi) is 5.89. The third-order valence-corrected chi connectivity index (χ3v) is 2.82. The van der Waals surface area contributed by atoms with Gasteiger partial charge >= 0.3 is 5.97 Å². The number of ether oxygens (including phenoxy) is 1. The number of hydrogen-bond donors (Lipinski definition) is 0. The van der Waals surface area contributed by atoms with Crippen LogP contribution >= 0.6 is 0 Å². The summed E-state index contributed by atoms with van der Waals surface area (Å²) in [6, 6.07) is 9.90. The highest BCUT2D eigenvalue weighted by Gasteiger charge is 2.10. The van der Waals surface area contributed by atoms with Crippen molar-refractivity contribution in [3.63, 3.8) is 0 Å². The van der Waals surface area contributed by atoms with Crippen LogP contribution in [-0.4, -0.2) is 31.1 Å². The summed E-state index contributed by atoms with van der Waals surface area (Å²) in [6.45, 7) is 3.89. The SMILES string of the molecule is CCN(CC#N)Cc1ccccc1CC(=O)OC. The Morgan fingerprint density at radius 1 is 1.39 bits per heavy atom. The van der Waals surface area contributed by atoms with Gasteiger partial charge in [0.2, 0.25) is 0 Å². The molecule has 18 heavy (non-hydrogen) atoms. The van der Waals surface area contributed by atoms with Gasteiger partial charge in [0.1, 0.15) is 0 Å². The quantitative estimate of drug-likeness (QED) is 0.567. The Labute approximate surface area is 108 Å². The standard InChI is InChI=1S/C14H18N2O2/c1-3-16(9-8-15)11-13-7-5-4-6-12(13)10-14(17)18-2/h4-7H,3,9-11H2,1-2H3. The summed E-state index contributed by atoms with van der Waals surface area (Å²) in [5, 5.41) is 8.73. The first-order valence-corrected chi connectivity index (χ1v) is 5.94. The van der Waals surface area contributed by atoms with Gasteiger partial charge in [-0.2, -0.15) is 5.26 Å². The van der Waals surface area contributed by atoms with E-state index >= 15 is 0 Å². The van der Waals surface area contributed by atoms with Crippen molar-refractivity contribution in [2.24, 2.45) is 0 Å². The summed E-state index contributed by atoms with van der Waals surface area (Å²) in [5.74, 6) is -0.245. The van der Waals surface area contributed by atoms with Crippen molar-refractivity contribution >= 4 is 5.97 Å². The summed E-state index contributed by atoms with van der Waals surface area (Å²) in [6.07, 6.45) is 0.275. The first-order chi connectivity index (χ1) is 8.71. The van der Waals surface area contributed by atoms with E-state index in [0.717, 1.165) is 17.7 Å². The van der Waals surface area contributed by atoms with E-state index in [9.17, 15) is 4.79 Å². The molecule has 0 unspecified atom stereocenters. The van der Waals surface area contributed by atoms with Crippen LogP contribution in [0.4, 0.5) is 0 Å². The molecule has 4 nitrogen and oxygen atoms in total. The largest absolute Gasteiger partial charge is 0.469 e. The van der Waals surface area contributed by atoms with Crippen molar-refractivity contribution in [3.8, 4) is 6.07 Å². The monoisotopic (exact) mass is 246 g/mol. The minimum atomic E-state index is -0.245. The molecule has 0 atom stereocenters. The Hall–Kier alpha value is -1.86. The Morgan fingerprint density at radius 2 is 2.06 bits per heavy atom. The van der Waals surface area contributed by atoms with Crippen LogP contribution in [0.3, 0.4) is 0 Å². The molecule has 96 valence electrons. The summed E-state index contributed by atoms with van der Waals surface area (Å²) in [7, 11) is 1.39. The number of esters is 1. The van der Waals surface area contributed by atoms with E-state index in [1.807, 2.05) is 36.1 Å². The molecule has 1 rings (SSSR count). The normalized spacial score (nSPS) is 10.1. The number of nitriles is 1. The van der Waals surface area contributed by atoms with Gasteiger partial charge < -0.3 is 4.74 Å². The summed E-state index contributed by atoms with van der Waals surface area (Å²) < 4.78 is 4.68. The van der Waals surface area contributed by atoms with Crippen molar-refractivity contribution in [3.05, 3.63) is 35.4 Å². The average Bonchev–Trinajstić information content (AvgIpc) is 2.40. The molecule has 0 aliphatic carbocycles. The van der Waals surface area contributed by atoms with Gasteiger partial charge in [0, 0.05) is 6.54 Å². The topological polar surface area (TPSA) is 53.3 Å². The first-order valence-electron chi connectivity index (χ1n) is 5.94. The predicted octanol–water partition coefficient (Wildman–Crippen LogP) is 1.75. The van der Waals surface area contributed by atoms with Gasteiger partial charge in [0.25, 0.3) is 0 Å². The van der Waals surface area contributed by atoms with E-state index in [2.05, 4.69) is 10.8 Å². The molecule has 0 heterocycles. The smallest absolute Gasteiger partial charge is 0.309 e. The molecule has 0 spiro atoms. The summed E-state index contributed by atoms with van der Waals surface area (Å²) in [5.41, 5.74) is 2.03. The highest BCUT2D eigenvalue weighted by Crippen LogP contribution is 2.13.